The number of ketones is 1. The standard InChI is InChI=1S/C18H18O4/c1-3-22-17-12-14(21-2)11-16(20)18(17)15(19)10-9-13-7-5-4-6-8-13/h4-12,20H,3H2,1-2H3. The average Bonchev–Trinajstić information content (AvgIpc) is 2.53. The minimum absolute atomic E-state index is 0.134. The number of carbonyl (C=O) groups excluding carboxylic acids is 1. The van der Waals surface area contributed by atoms with Crippen LogP contribution in [-0.2, 0) is 0 Å². The Morgan fingerprint density at radius 2 is 1.95 bits per heavy atom. The van der Waals surface area contributed by atoms with Gasteiger partial charge in [0, 0.05) is 12.1 Å². The molecule has 0 spiro atoms. The molecular weight excluding hydrogens is 280 g/mol. The highest BCUT2D eigenvalue weighted by Gasteiger charge is 2.17. The lowest BCUT2D eigenvalue weighted by atomic mass is 10.1. The first kappa shape index (κ1) is 15.6. The van der Waals surface area contributed by atoms with E-state index < -0.39 is 0 Å². The molecule has 0 aliphatic rings. The summed E-state index contributed by atoms with van der Waals surface area (Å²) in [6.07, 6.45) is 3.11. The number of phenolic OH excluding ortho intramolecular Hbond substituents is 1. The van der Waals surface area contributed by atoms with Gasteiger partial charge in [0.25, 0.3) is 0 Å². The van der Waals surface area contributed by atoms with Crippen molar-refractivity contribution in [3.8, 4) is 17.2 Å². The molecule has 1 N–H and O–H groups in total. The fourth-order valence-corrected chi connectivity index (χ4v) is 2.03. The van der Waals surface area contributed by atoms with E-state index in [9.17, 15) is 9.90 Å². The third-order valence-electron chi connectivity index (χ3n) is 3.06. The Morgan fingerprint density at radius 1 is 1.23 bits per heavy atom. The average molecular weight is 298 g/mol. The van der Waals surface area contributed by atoms with Crippen LogP contribution in [0.4, 0.5) is 0 Å². The topological polar surface area (TPSA) is 55.8 Å². The van der Waals surface area contributed by atoms with Crippen LogP contribution >= 0.6 is 0 Å². The van der Waals surface area contributed by atoms with Crippen LogP contribution in [0, 0.1) is 0 Å². The molecule has 4 nitrogen and oxygen atoms in total. The van der Waals surface area contributed by atoms with Gasteiger partial charge in [-0.2, -0.15) is 0 Å². The van der Waals surface area contributed by atoms with Crippen LogP contribution in [0.2, 0.25) is 0 Å². The normalized spacial score (nSPS) is 10.6. The molecule has 2 aromatic rings. The number of phenols is 1. The zero-order chi connectivity index (χ0) is 15.9. The molecule has 0 unspecified atom stereocenters. The van der Waals surface area contributed by atoms with Crippen molar-refractivity contribution in [2.45, 2.75) is 6.92 Å². The summed E-state index contributed by atoms with van der Waals surface area (Å²) < 4.78 is 10.5. The molecule has 0 aliphatic heterocycles. The SMILES string of the molecule is CCOc1cc(OC)cc(O)c1C(=O)C=Cc1ccccc1. The summed E-state index contributed by atoms with van der Waals surface area (Å²) >= 11 is 0. The lowest BCUT2D eigenvalue weighted by Crippen LogP contribution is -2.03. The van der Waals surface area contributed by atoms with E-state index in [1.165, 1.54) is 19.3 Å². The number of hydrogen-bond donors (Lipinski definition) is 1. The molecule has 114 valence electrons. The molecule has 0 radical (unpaired) electrons. The van der Waals surface area contributed by atoms with E-state index >= 15 is 0 Å². The van der Waals surface area contributed by atoms with Gasteiger partial charge in [-0.15, -0.1) is 0 Å². The van der Waals surface area contributed by atoms with Crippen LogP contribution < -0.4 is 9.47 Å². The van der Waals surface area contributed by atoms with Crippen molar-refractivity contribution in [1.82, 2.24) is 0 Å². The molecule has 0 aromatic heterocycles. The van der Waals surface area contributed by atoms with Crippen LogP contribution in [0.3, 0.4) is 0 Å². The van der Waals surface area contributed by atoms with E-state index in [-0.39, 0.29) is 17.1 Å². The Bertz CT molecular complexity index is 675. The van der Waals surface area contributed by atoms with Gasteiger partial charge in [0.05, 0.1) is 13.7 Å². The number of methoxy groups -OCH3 is 1. The zero-order valence-electron chi connectivity index (χ0n) is 12.6. The molecule has 0 atom stereocenters. The molecule has 0 heterocycles. The summed E-state index contributed by atoms with van der Waals surface area (Å²) in [7, 11) is 1.49. The fourth-order valence-electron chi connectivity index (χ4n) is 2.03. The Morgan fingerprint density at radius 3 is 2.59 bits per heavy atom. The first-order chi connectivity index (χ1) is 10.7. The van der Waals surface area contributed by atoms with E-state index in [1.807, 2.05) is 37.3 Å². The second-order valence-corrected chi connectivity index (χ2v) is 4.56. The zero-order valence-corrected chi connectivity index (χ0v) is 12.6. The number of carbonyl (C=O) groups is 1. The summed E-state index contributed by atoms with van der Waals surface area (Å²) in [6, 6.07) is 12.4. The summed E-state index contributed by atoms with van der Waals surface area (Å²) in [5.74, 6) is 0.254. The molecule has 2 aromatic carbocycles. The Labute approximate surface area is 129 Å². The van der Waals surface area contributed by atoms with Crippen molar-refractivity contribution >= 4 is 11.9 Å². The van der Waals surface area contributed by atoms with Gasteiger partial charge in [-0.05, 0) is 18.6 Å². The maximum absolute atomic E-state index is 12.4. The van der Waals surface area contributed by atoms with Gasteiger partial charge in [0.15, 0.2) is 5.78 Å². The van der Waals surface area contributed by atoms with E-state index in [0.717, 1.165) is 5.56 Å². The quantitative estimate of drug-likeness (QED) is 0.652. The lowest BCUT2D eigenvalue weighted by molar-refractivity contribution is 0.104. The smallest absolute Gasteiger partial charge is 0.193 e. The molecule has 0 saturated carbocycles. The lowest BCUT2D eigenvalue weighted by Gasteiger charge is -2.11. The number of aromatic hydroxyl groups is 1. The maximum atomic E-state index is 12.4. The van der Waals surface area contributed by atoms with Crippen LogP contribution in [0.25, 0.3) is 6.08 Å². The Hall–Kier alpha value is -2.75. The minimum atomic E-state index is -0.326. The second-order valence-electron chi connectivity index (χ2n) is 4.56. The predicted octanol–water partition coefficient (Wildman–Crippen LogP) is 3.70. The molecule has 0 saturated heterocycles. The van der Waals surface area contributed by atoms with Crippen LogP contribution in [0.15, 0.2) is 48.5 Å². The van der Waals surface area contributed by atoms with Gasteiger partial charge in [0.2, 0.25) is 0 Å². The van der Waals surface area contributed by atoms with Gasteiger partial charge >= 0.3 is 0 Å². The summed E-state index contributed by atoms with van der Waals surface area (Å²) in [5, 5.41) is 10.1. The van der Waals surface area contributed by atoms with Gasteiger partial charge in [-0.3, -0.25) is 4.79 Å². The van der Waals surface area contributed by atoms with Gasteiger partial charge < -0.3 is 14.6 Å². The van der Waals surface area contributed by atoms with Crippen molar-refractivity contribution in [2.24, 2.45) is 0 Å². The van der Waals surface area contributed by atoms with Gasteiger partial charge in [-0.25, -0.2) is 0 Å². The highest BCUT2D eigenvalue weighted by Crippen LogP contribution is 2.34. The first-order valence-corrected chi connectivity index (χ1v) is 6.97. The molecule has 4 heteroatoms. The third-order valence-corrected chi connectivity index (χ3v) is 3.06. The summed E-state index contributed by atoms with van der Waals surface area (Å²) in [4.78, 5) is 12.4. The third kappa shape index (κ3) is 3.67. The first-order valence-electron chi connectivity index (χ1n) is 6.97. The molecule has 2 rings (SSSR count). The fraction of sp³-hybridized carbons (Fsp3) is 0.167. The van der Waals surface area contributed by atoms with E-state index in [0.29, 0.717) is 18.1 Å². The molecule has 0 fully saturated rings. The van der Waals surface area contributed by atoms with Crippen molar-refractivity contribution in [2.75, 3.05) is 13.7 Å². The predicted molar refractivity (Wildman–Crippen MR) is 85.6 cm³/mol. The number of hydrogen-bond acceptors (Lipinski definition) is 4. The summed E-state index contributed by atoms with van der Waals surface area (Å²) in [5.41, 5.74) is 1.04. The second kappa shape index (κ2) is 7.31. The molecule has 0 aliphatic carbocycles. The van der Waals surface area contributed by atoms with Crippen molar-refractivity contribution in [3.05, 3.63) is 59.7 Å². The van der Waals surface area contributed by atoms with Crippen molar-refractivity contribution in [1.29, 1.82) is 0 Å². The van der Waals surface area contributed by atoms with Crippen LogP contribution in [0.1, 0.15) is 22.8 Å². The highest BCUT2D eigenvalue weighted by atomic mass is 16.5. The summed E-state index contributed by atoms with van der Waals surface area (Å²) in [6.45, 7) is 2.19. The highest BCUT2D eigenvalue weighted by molar-refractivity contribution is 6.10. The van der Waals surface area contributed by atoms with Crippen molar-refractivity contribution < 1.29 is 19.4 Å². The van der Waals surface area contributed by atoms with Gasteiger partial charge in [0.1, 0.15) is 22.8 Å². The number of rotatable bonds is 6. The minimum Gasteiger partial charge on any atom is -0.507 e. The molecular formula is C18H18O4. The van der Waals surface area contributed by atoms with E-state index in [4.69, 9.17) is 9.47 Å². The van der Waals surface area contributed by atoms with E-state index in [2.05, 4.69) is 0 Å². The van der Waals surface area contributed by atoms with Crippen LogP contribution in [-0.4, -0.2) is 24.6 Å². The largest absolute Gasteiger partial charge is 0.507 e. The maximum Gasteiger partial charge on any atom is 0.193 e. The number of allylic oxidation sites excluding steroid dienone is 1. The van der Waals surface area contributed by atoms with E-state index in [1.54, 1.807) is 12.1 Å². The monoisotopic (exact) mass is 298 g/mol. The van der Waals surface area contributed by atoms with Crippen LogP contribution in [0.5, 0.6) is 17.2 Å². The van der Waals surface area contributed by atoms with Crippen molar-refractivity contribution in [3.63, 3.8) is 0 Å². The number of benzene rings is 2. The molecule has 0 amide bonds. The van der Waals surface area contributed by atoms with Gasteiger partial charge in [-0.1, -0.05) is 36.4 Å². The molecule has 22 heavy (non-hydrogen) atoms. The Balaban J connectivity index is 2.34. The number of ether oxygens (including phenoxy) is 2. The Kier molecular flexibility index (Phi) is 5.20. The molecule has 0 bridgehead atoms.